The number of nitrogens with zero attached hydrogens (tertiary/aromatic N) is 5. The van der Waals surface area contributed by atoms with E-state index in [1.165, 1.54) is 16.3 Å². The average Bonchev–Trinajstić information content (AvgIpc) is 2.92. The summed E-state index contributed by atoms with van der Waals surface area (Å²) in [5.41, 5.74) is 2.67. The third-order valence-corrected chi connectivity index (χ3v) is 5.68. The Labute approximate surface area is 152 Å². The molecule has 2 aliphatic heterocycles. The predicted molar refractivity (Wildman–Crippen MR) is 98.9 cm³/mol. The van der Waals surface area contributed by atoms with Gasteiger partial charge >= 0.3 is 0 Å². The second kappa shape index (κ2) is 6.09. The molecule has 7 nitrogen and oxygen atoms in total. The maximum atomic E-state index is 13.0. The van der Waals surface area contributed by atoms with Crippen molar-refractivity contribution in [3.63, 3.8) is 0 Å². The fraction of sp³-hybridized carbons (Fsp3) is 0.526. The van der Waals surface area contributed by atoms with Crippen LogP contribution in [0, 0.1) is 12.3 Å². The molecule has 2 saturated heterocycles. The third-order valence-electron chi connectivity index (χ3n) is 5.68. The molecule has 7 heteroatoms. The van der Waals surface area contributed by atoms with Gasteiger partial charge in [-0.25, -0.2) is 0 Å². The van der Waals surface area contributed by atoms with Crippen LogP contribution in [-0.4, -0.2) is 44.8 Å². The van der Waals surface area contributed by atoms with Gasteiger partial charge < -0.3 is 9.47 Å². The highest BCUT2D eigenvalue weighted by molar-refractivity contribution is 6.04. The van der Waals surface area contributed by atoms with E-state index in [1.807, 2.05) is 18.7 Å². The maximum Gasteiger partial charge on any atom is 0.250 e. The molecule has 0 aromatic carbocycles. The Balaban J connectivity index is 1.47. The third kappa shape index (κ3) is 2.76. The molecular formula is C19H25N5O2. The fourth-order valence-electron chi connectivity index (χ4n) is 4.29. The number of carbonyl (C=O) groups excluding carboxylic acids is 1. The number of hydrogen-bond donors (Lipinski definition) is 0. The predicted octanol–water partition coefficient (Wildman–Crippen LogP) is 1.06. The van der Waals surface area contributed by atoms with Gasteiger partial charge in [-0.2, -0.15) is 5.10 Å². The van der Waals surface area contributed by atoms with E-state index in [0.717, 1.165) is 50.4 Å². The van der Waals surface area contributed by atoms with Crippen molar-refractivity contribution in [2.45, 2.75) is 26.3 Å². The number of aryl methyl sites for hydroxylation is 3. The summed E-state index contributed by atoms with van der Waals surface area (Å²) >= 11 is 0. The number of aromatic nitrogens is 3. The number of pyridine rings is 1. The van der Waals surface area contributed by atoms with Crippen LogP contribution in [-0.2, 0) is 25.4 Å². The van der Waals surface area contributed by atoms with Crippen LogP contribution in [0.5, 0.6) is 0 Å². The Hall–Kier alpha value is -2.41. The normalized spacial score (nSPS) is 23.5. The Morgan fingerprint density at radius 2 is 2.00 bits per heavy atom. The summed E-state index contributed by atoms with van der Waals surface area (Å²) in [6.45, 7) is 5.36. The molecule has 26 heavy (non-hydrogen) atoms. The minimum Gasteiger partial charge on any atom is -0.317 e. The average molecular weight is 355 g/mol. The number of carbonyl (C=O) groups is 1. The maximum absolute atomic E-state index is 13.0. The highest BCUT2D eigenvalue weighted by atomic mass is 16.2. The smallest absolute Gasteiger partial charge is 0.250 e. The van der Waals surface area contributed by atoms with E-state index in [0.29, 0.717) is 0 Å². The lowest BCUT2D eigenvalue weighted by molar-refractivity contribution is -0.139. The van der Waals surface area contributed by atoms with Crippen molar-refractivity contribution in [3.05, 3.63) is 46.1 Å². The van der Waals surface area contributed by atoms with Crippen molar-refractivity contribution in [2.24, 2.45) is 19.5 Å². The Morgan fingerprint density at radius 3 is 2.65 bits per heavy atom. The largest absolute Gasteiger partial charge is 0.317 e. The van der Waals surface area contributed by atoms with E-state index >= 15 is 0 Å². The van der Waals surface area contributed by atoms with Gasteiger partial charge in [-0.1, -0.05) is 0 Å². The minimum absolute atomic E-state index is 0.0632. The van der Waals surface area contributed by atoms with Gasteiger partial charge in [0.15, 0.2) is 0 Å². The van der Waals surface area contributed by atoms with E-state index in [1.54, 1.807) is 24.2 Å². The summed E-state index contributed by atoms with van der Waals surface area (Å²) in [6.07, 6.45) is 3.71. The van der Waals surface area contributed by atoms with E-state index in [9.17, 15) is 9.59 Å². The number of hydrogen-bond acceptors (Lipinski definition) is 4. The molecule has 4 heterocycles. The molecule has 1 unspecified atom stereocenters. The molecule has 1 amide bonds. The molecular weight excluding hydrogens is 330 g/mol. The Kier molecular flexibility index (Phi) is 3.99. The van der Waals surface area contributed by atoms with Crippen LogP contribution in [0.25, 0.3) is 0 Å². The molecule has 0 radical (unpaired) electrons. The van der Waals surface area contributed by atoms with Gasteiger partial charge in [0.2, 0.25) is 11.5 Å². The van der Waals surface area contributed by atoms with Crippen molar-refractivity contribution in [1.29, 1.82) is 0 Å². The highest BCUT2D eigenvalue weighted by Crippen LogP contribution is 2.42. The van der Waals surface area contributed by atoms with Crippen molar-refractivity contribution in [3.8, 4) is 0 Å². The minimum atomic E-state index is -0.277. The number of anilines is 1. The first kappa shape index (κ1) is 17.0. The molecule has 2 aliphatic rings. The van der Waals surface area contributed by atoms with Crippen molar-refractivity contribution >= 4 is 11.6 Å². The summed E-state index contributed by atoms with van der Waals surface area (Å²) in [5, 5.41) is 4.42. The van der Waals surface area contributed by atoms with Crippen molar-refractivity contribution in [2.75, 3.05) is 24.5 Å². The van der Waals surface area contributed by atoms with E-state index < -0.39 is 0 Å². The van der Waals surface area contributed by atoms with E-state index in [-0.39, 0.29) is 16.9 Å². The molecule has 138 valence electrons. The first-order chi connectivity index (χ1) is 12.4. The molecule has 1 spiro atoms. The van der Waals surface area contributed by atoms with Gasteiger partial charge in [-0.15, -0.1) is 0 Å². The topological polar surface area (TPSA) is 63.4 Å². The second-order valence-electron chi connectivity index (χ2n) is 7.72. The summed E-state index contributed by atoms with van der Waals surface area (Å²) < 4.78 is 3.45. The van der Waals surface area contributed by atoms with Crippen LogP contribution in [0.15, 0.2) is 29.2 Å². The lowest BCUT2D eigenvalue weighted by Gasteiger charge is -2.53. The highest BCUT2D eigenvalue weighted by Gasteiger charge is 2.54. The molecule has 0 saturated carbocycles. The summed E-state index contributed by atoms with van der Waals surface area (Å²) in [4.78, 5) is 28.7. The number of likely N-dealkylation sites (tertiary alicyclic amines) is 1. The zero-order chi connectivity index (χ0) is 18.5. The van der Waals surface area contributed by atoms with Gasteiger partial charge in [0.1, 0.15) is 0 Å². The number of piperidine rings is 1. The number of amides is 1. The SMILES string of the molecule is Cc1cc(CN2CCCC3(C2)CN(c2ccc(=O)n(C)c2)C3=O)n(C)n1. The van der Waals surface area contributed by atoms with Gasteiger partial charge in [0.05, 0.1) is 22.5 Å². The van der Waals surface area contributed by atoms with Crippen molar-refractivity contribution in [1.82, 2.24) is 19.2 Å². The number of β-lactam (4-membered cyclic amide) rings is 1. The van der Waals surface area contributed by atoms with E-state index in [2.05, 4.69) is 16.1 Å². The zero-order valence-corrected chi connectivity index (χ0v) is 15.6. The summed E-state index contributed by atoms with van der Waals surface area (Å²) in [6, 6.07) is 5.37. The van der Waals surface area contributed by atoms with Crippen LogP contribution < -0.4 is 10.5 Å². The molecule has 0 N–H and O–H groups in total. The summed E-state index contributed by atoms with van der Waals surface area (Å²) in [5.74, 6) is 0.182. The lowest BCUT2D eigenvalue weighted by atomic mass is 9.72. The molecule has 2 aromatic heterocycles. The molecule has 0 bridgehead atoms. The van der Waals surface area contributed by atoms with Gasteiger partial charge in [-0.3, -0.25) is 19.2 Å². The molecule has 2 aromatic rings. The quantitative estimate of drug-likeness (QED) is 0.773. The monoisotopic (exact) mass is 355 g/mol. The van der Waals surface area contributed by atoms with Gasteiger partial charge in [0, 0.05) is 46.0 Å². The van der Waals surface area contributed by atoms with Crippen LogP contribution in [0.4, 0.5) is 5.69 Å². The van der Waals surface area contributed by atoms with E-state index in [4.69, 9.17) is 0 Å². The molecule has 0 aliphatic carbocycles. The first-order valence-corrected chi connectivity index (χ1v) is 9.08. The standard InChI is InChI=1S/C19H25N5O2/c1-14-9-16(22(3)20-14)11-23-8-4-7-19(12-23)13-24(18(19)26)15-5-6-17(25)21(2)10-15/h5-6,9-10H,4,7-8,11-13H2,1-3H3. The number of rotatable bonds is 3. The second-order valence-corrected chi connectivity index (χ2v) is 7.72. The molecule has 4 rings (SSSR count). The zero-order valence-electron chi connectivity index (χ0n) is 15.6. The fourth-order valence-corrected chi connectivity index (χ4v) is 4.29. The lowest BCUT2D eigenvalue weighted by Crippen LogP contribution is -2.67. The first-order valence-electron chi connectivity index (χ1n) is 9.08. The van der Waals surface area contributed by atoms with Crippen LogP contribution in [0.2, 0.25) is 0 Å². The van der Waals surface area contributed by atoms with Gasteiger partial charge in [0.25, 0.3) is 0 Å². The molecule has 2 fully saturated rings. The van der Waals surface area contributed by atoms with Crippen LogP contribution >= 0.6 is 0 Å². The van der Waals surface area contributed by atoms with Crippen LogP contribution in [0.3, 0.4) is 0 Å². The van der Waals surface area contributed by atoms with Crippen LogP contribution in [0.1, 0.15) is 24.2 Å². The Bertz CT molecular complexity index is 915. The Morgan fingerprint density at radius 1 is 1.19 bits per heavy atom. The van der Waals surface area contributed by atoms with Gasteiger partial charge in [-0.05, 0) is 38.4 Å². The van der Waals surface area contributed by atoms with Crippen molar-refractivity contribution < 1.29 is 4.79 Å². The molecule has 1 atom stereocenters. The summed E-state index contributed by atoms with van der Waals surface area (Å²) in [7, 11) is 3.68.